The molecular formula is C17H18N2O. The number of carbonyl (C=O) groups excluding carboxylic acids is 1. The zero-order chi connectivity index (χ0) is 14.1. The normalized spacial score (nSPS) is 20.6. The van der Waals surface area contributed by atoms with Crippen LogP contribution in [0.3, 0.4) is 0 Å². The Morgan fingerprint density at radius 2 is 1.25 bits per heavy atom. The number of hydrogen-bond donors (Lipinski definition) is 0. The first kappa shape index (κ1) is 12.7. The molecule has 1 aliphatic rings. The van der Waals surface area contributed by atoms with E-state index in [1.165, 1.54) is 11.1 Å². The van der Waals surface area contributed by atoms with Crippen molar-refractivity contribution in [2.45, 2.75) is 12.1 Å². The highest BCUT2D eigenvalue weighted by Crippen LogP contribution is 2.54. The Balaban J connectivity index is 1.93. The van der Waals surface area contributed by atoms with Crippen LogP contribution >= 0.6 is 0 Å². The summed E-state index contributed by atoms with van der Waals surface area (Å²) >= 11 is 0. The van der Waals surface area contributed by atoms with Gasteiger partial charge in [0.25, 0.3) is 0 Å². The first-order valence-electron chi connectivity index (χ1n) is 6.79. The topological polar surface area (TPSA) is 23.3 Å². The molecule has 3 nitrogen and oxygen atoms in total. The van der Waals surface area contributed by atoms with Crippen LogP contribution < -0.4 is 0 Å². The Morgan fingerprint density at radius 3 is 1.60 bits per heavy atom. The first-order chi connectivity index (χ1) is 9.70. The fourth-order valence-corrected chi connectivity index (χ4v) is 2.69. The predicted molar refractivity (Wildman–Crippen MR) is 79.3 cm³/mol. The van der Waals surface area contributed by atoms with Crippen LogP contribution in [0.15, 0.2) is 60.7 Å². The van der Waals surface area contributed by atoms with Crippen LogP contribution in [0.25, 0.3) is 0 Å². The van der Waals surface area contributed by atoms with Crippen molar-refractivity contribution in [3.05, 3.63) is 71.8 Å². The Morgan fingerprint density at radius 1 is 0.850 bits per heavy atom. The van der Waals surface area contributed by atoms with Gasteiger partial charge in [-0.05, 0) is 11.1 Å². The standard InChI is InChI=1S/C17H18N2O/c1-18(2)17(20)19-15(13-9-5-3-6-10-13)16(19)14-11-7-4-8-12-14/h3-12,15-16H,1-2H3/t15-,16+,19?. The van der Waals surface area contributed by atoms with Gasteiger partial charge in [0.2, 0.25) is 0 Å². The molecule has 1 heterocycles. The number of benzene rings is 2. The minimum absolute atomic E-state index is 0.0627. The molecule has 0 aromatic heterocycles. The second-order valence-electron chi connectivity index (χ2n) is 5.30. The molecule has 0 aliphatic carbocycles. The highest BCUT2D eigenvalue weighted by molar-refractivity contribution is 5.78. The molecule has 102 valence electrons. The molecule has 0 spiro atoms. The minimum atomic E-state index is 0.0627. The van der Waals surface area contributed by atoms with Crippen LogP contribution in [-0.4, -0.2) is 29.9 Å². The largest absolute Gasteiger partial charge is 0.331 e. The van der Waals surface area contributed by atoms with Crippen molar-refractivity contribution in [3.63, 3.8) is 0 Å². The van der Waals surface area contributed by atoms with Gasteiger partial charge >= 0.3 is 6.03 Å². The third-order valence-electron chi connectivity index (χ3n) is 3.69. The van der Waals surface area contributed by atoms with Crippen LogP contribution in [0, 0.1) is 0 Å². The number of amides is 2. The molecule has 0 N–H and O–H groups in total. The maximum absolute atomic E-state index is 12.3. The molecule has 2 amide bonds. The summed E-state index contributed by atoms with van der Waals surface area (Å²) in [6, 6.07) is 20.8. The van der Waals surface area contributed by atoms with Crippen LogP contribution in [0.2, 0.25) is 0 Å². The number of nitrogens with zero attached hydrogens (tertiary/aromatic N) is 2. The van der Waals surface area contributed by atoms with Crippen molar-refractivity contribution in [1.29, 1.82) is 0 Å². The van der Waals surface area contributed by atoms with Gasteiger partial charge in [-0.1, -0.05) is 60.7 Å². The van der Waals surface area contributed by atoms with Gasteiger partial charge in [0.1, 0.15) is 0 Å². The zero-order valence-electron chi connectivity index (χ0n) is 11.7. The van der Waals surface area contributed by atoms with Gasteiger partial charge in [-0.2, -0.15) is 0 Å². The summed E-state index contributed by atoms with van der Waals surface area (Å²) in [5.74, 6) is 0. The highest BCUT2D eigenvalue weighted by Gasteiger charge is 2.53. The summed E-state index contributed by atoms with van der Waals surface area (Å²) in [5.41, 5.74) is 2.38. The molecule has 3 heteroatoms. The summed E-state index contributed by atoms with van der Waals surface area (Å²) in [6.07, 6.45) is 0. The van der Waals surface area contributed by atoms with E-state index in [1.807, 2.05) is 41.3 Å². The van der Waals surface area contributed by atoms with Gasteiger partial charge in [0.05, 0.1) is 12.1 Å². The second kappa shape index (κ2) is 5.00. The smallest absolute Gasteiger partial charge is 0.320 e. The summed E-state index contributed by atoms with van der Waals surface area (Å²) in [6.45, 7) is 0. The second-order valence-corrected chi connectivity index (χ2v) is 5.30. The summed E-state index contributed by atoms with van der Waals surface area (Å²) in [7, 11) is 3.59. The lowest BCUT2D eigenvalue weighted by atomic mass is 10.0. The molecule has 0 bridgehead atoms. The predicted octanol–water partition coefficient (Wildman–Crippen LogP) is 3.47. The Hall–Kier alpha value is -2.29. The minimum Gasteiger partial charge on any atom is -0.331 e. The van der Waals surface area contributed by atoms with Crippen LogP contribution in [0.4, 0.5) is 4.79 Å². The molecule has 1 aliphatic heterocycles. The molecule has 2 aromatic carbocycles. The molecule has 0 radical (unpaired) electrons. The number of carbonyl (C=O) groups is 1. The van der Waals surface area contributed by atoms with Crippen molar-refractivity contribution >= 4 is 6.03 Å². The van der Waals surface area contributed by atoms with Gasteiger partial charge in [-0.3, -0.25) is 0 Å². The third-order valence-corrected chi connectivity index (χ3v) is 3.69. The van der Waals surface area contributed by atoms with Crippen LogP contribution in [0.1, 0.15) is 23.2 Å². The summed E-state index contributed by atoms with van der Waals surface area (Å²) in [5, 5.41) is 0. The van der Waals surface area contributed by atoms with E-state index in [2.05, 4.69) is 24.3 Å². The molecule has 2 atom stereocenters. The van der Waals surface area contributed by atoms with Gasteiger partial charge in [-0.15, -0.1) is 0 Å². The zero-order valence-corrected chi connectivity index (χ0v) is 11.7. The number of hydrogen-bond acceptors (Lipinski definition) is 1. The van der Waals surface area contributed by atoms with Crippen LogP contribution in [-0.2, 0) is 0 Å². The SMILES string of the molecule is CN(C)C(=O)N1[C@H](c2ccccc2)[C@@H]1c1ccccc1. The maximum atomic E-state index is 12.3. The fraction of sp³-hybridized carbons (Fsp3) is 0.235. The molecule has 20 heavy (non-hydrogen) atoms. The first-order valence-corrected chi connectivity index (χ1v) is 6.79. The summed E-state index contributed by atoms with van der Waals surface area (Å²) in [4.78, 5) is 15.9. The van der Waals surface area contributed by atoms with Crippen molar-refractivity contribution in [3.8, 4) is 0 Å². The van der Waals surface area contributed by atoms with Crippen LogP contribution in [0.5, 0.6) is 0 Å². The molecule has 3 rings (SSSR count). The fourth-order valence-electron chi connectivity index (χ4n) is 2.69. The van der Waals surface area contributed by atoms with E-state index in [0.29, 0.717) is 0 Å². The van der Waals surface area contributed by atoms with E-state index < -0.39 is 0 Å². The average Bonchev–Trinajstić information content (AvgIpc) is 3.23. The van der Waals surface area contributed by atoms with E-state index >= 15 is 0 Å². The van der Waals surface area contributed by atoms with E-state index in [-0.39, 0.29) is 18.1 Å². The highest BCUT2D eigenvalue weighted by atomic mass is 16.2. The molecule has 0 saturated carbocycles. The van der Waals surface area contributed by atoms with Gasteiger partial charge in [0, 0.05) is 14.1 Å². The lowest BCUT2D eigenvalue weighted by Crippen LogP contribution is -2.27. The maximum Gasteiger partial charge on any atom is 0.320 e. The summed E-state index contributed by atoms with van der Waals surface area (Å²) < 4.78 is 0. The van der Waals surface area contributed by atoms with E-state index in [1.54, 1.807) is 19.0 Å². The number of rotatable bonds is 2. The van der Waals surface area contributed by atoms with E-state index in [0.717, 1.165) is 0 Å². The van der Waals surface area contributed by atoms with Crippen molar-refractivity contribution in [1.82, 2.24) is 9.80 Å². The quantitative estimate of drug-likeness (QED) is 0.763. The van der Waals surface area contributed by atoms with Gasteiger partial charge in [0.15, 0.2) is 0 Å². The van der Waals surface area contributed by atoms with Gasteiger partial charge in [-0.25, -0.2) is 4.79 Å². The van der Waals surface area contributed by atoms with Crippen molar-refractivity contribution < 1.29 is 4.79 Å². The Bertz CT molecular complexity index is 549. The molecule has 0 unspecified atom stereocenters. The molecule has 1 fully saturated rings. The van der Waals surface area contributed by atoms with Gasteiger partial charge < -0.3 is 9.80 Å². The molecule has 2 aromatic rings. The Kier molecular flexibility index (Phi) is 3.18. The number of urea groups is 1. The average molecular weight is 266 g/mol. The Labute approximate surface area is 119 Å². The third kappa shape index (κ3) is 2.16. The monoisotopic (exact) mass is 266 g/mol. The molecule has 1 saturated heterocycles. The lowest BCUT2D eigenvalue weighted by molar-refractivity contribution is 0.199. The van der Waals surface area contributed by atoms with E-state index in [9.17, 15) is 4.79 Å². The molecular weight excluding hydrogens is 248 g/mol. The van der Waals surface area contributed by atoms with Crippen molar-refractivity contribution in [2.75, 3.05) is 14.1 Å². The lowest BCUT2D eigenvalue weighted by Gasteiger charge is -2.12. The van der Waals surface area contributed by atoms with Crippen molar-refractivity contribution in [2.24, 2.45) is 0 Å². The van der Waals surface area contributed by atoms with E-state index in [4.69, 9.17) is 0 Å².